The van der Waals surface area contributed by atoms with Gasteiger partial charge in [-0.3, -0.25) is 0 Å². The Hall–Kier alpha value is -1.06. The van der Waals surface area contributed by atoms with Gasteiger partial charge in [-0.05, 0) is 43.9 Å². The van der Waals surface area contributed by atoms with Gasteiger partial charge >= 0.3 is 0 Å². The van der Waals surface area contributed by atoms with Crippen molar-refractivity contribution in [1.29, 1.82) is 0 Å². The monoisotopic (exact) mass is 251 g/mol. The van der Waals surface area contributed by atoms with Crippen LogP contribution in [-0.4, -0.2) is 17.3 Å². The van der Waals surface area contributed by atoms with Gasteiger partial charge in [-0.15, -0.1) is 0 Å². The van der Waals surface area contributed by atoms with E-state index in [0.717, 1.165) is 16.9 Å². The van der Waals surface area contributed by atoms with Crippen molar-refractivity contribution in [3.63, 3.8) is 0 Å². The normalized spacial score (nSPS) is 13.4. The van der Waals surface area contributed by atoms with Crippen molar-refractivity contribution < 1.29 is 9.84 Å². The van der Waals surface area contributed by atoms with Crippen LogP contribution in [-0.2, 0) is 0 Å². The Kier molecular flexibility index (Phi) is 5.17. The zero-order chi connectivity index (χ0) is 13.8. The average Bonchev–Trinajstić information content (AvgIpc) is 2.36. The molecule has 3 heteroatoms. The molecule has 0 fully saturated rings. The lowest BCUT2D eigenvalue weighted by atomic mass is 9.99. The number of rotatable bonds is 6. The molecule has 1 aromatic carbocycles. The standard InChI is InChI=1S/C15H25NO2/c1-5-15(17,6-2)10-18-14-8-7-13(12(4)16)9-11(14)3/h7-9,12,17H,5-6,10,16H2,1-4H3. The van der Waals surface area contributed by atoms with Crippen LogP contribution in [0.5, 0.6) is 5.75 Å². The number of aliphatic hydroxyl groups is 1. The van der Waals surface area contributed by atoms with Crippen LogP contribution >= 0.6 is 0 Å². The second-order valence-electron chi connectivity index (χ2n) is 5.03. The fraction of sp³-hybridized carbons (Fsp3) is 0.600. The van der Waals surface area contributed by atoms with Crippen molar-refractivity contribution in [2.45, 2.75) is 52.2 Å². The number of hydrogen-bond acceptors (Lipinski definition) is 3. The summed E-state index contributed by atoms with van der Waals surface area (Å²) in [5.74, 6) is 0.819. The third kappa shape index (κ3) is 3.72. The highest BCUT2D eigenvalue weighted by Crippen LogP contribution is 2.24. The van der Waals surface area contributed by atoms with Gasteiger partial charge in [0, 0.05) is 6.04 Å². The van der Waals surface area contributed by atoms with Gasteiger partial charge in [0.2, 0.25) is 0 Å². The van der Waals surface area contributed by atoms with Gasteiger partial charge < -0.3 is 15.6 Å². The van der Waals surface area contributed by atoms with E-state index in [9.17, 15) is 5.11 Å². The molecule has 0 bridgehead atoms. The van der Waals surface area contributed by atoms with Gasteiger partial charge in [-0.2, -0.15) is 0 Å². The zero-order valence-electron chi connectivity index (χ0n) is 11.9. The minimum Gasteiger partial charge on any atom is -0.490 e. The van der Waals surface area contributed by atoms with Gasteiger partial charge in [0.15, 0.2) is 0 Å². The van der Waals surface area contributed by atoms with Crippen LogP contribution in [0.2, 0.25) is 0 Å². The minimum atomic E-state index is -0.730. The Bertz CT molecular complexity index is 384. The second-order valence-corrected chi connectivity index (χ2v) is 5.03. The molecule has 1 unspecified atom stereocenters. The van der Waals surface area contributed by atoms with E-state index in [-0.39, 0.29) is 6.04 Å². The first-order chi connectivity index (χ1) is 8.41. The quantitative estimate of drug-likeness (QED) is 0.817. The molecule has 0 amide bonds. The van der Waals surface area contributed by atoms with Crippen LogP contribution in [0.3, 0.4) is 0 Å². The van der Waals surface area contributed by atoms with Crippen LogP contribution in [0, 0.1) is 6.92 Å². The molecule has 0 saturated heterocycles. The largest absolute Gasteiger partial charge is 0.490 e. The van der Waals surface area contributed by atoms with Crippen LogP contribution in [0.1, 0.15) is 50.8 Å². The highest BCUT2D eigenvalue weighted by atomic mass is 16.5. The van der Waals surface area contributed by atoms with E-state index in [4.69, 9.17) is 10.5 Å². The van der Waals surface area contributed by atoms with Crippen LogP contribution < -0.4 is 10.5 Å². The van der Waals surface area contributed by atoms with E-state index in [1.54, 1.807) is 0 Å². The minimum absolute atomic E-state index is 0.0287. The lowest BCUT2D eigenvalue weighted by Gasteiger charge is -2.25. The van der Waals surface area contributed by atoms with E-state index in [1.165, 1.54) is 0 Å². The number of ether oxygens (including phenoxy) is 1. The molecule has 0 aliphatic carbocycles. The predicted octanol–water partition coefficient (Wildman–Crippen LogP) is 2.94. The van der Waals surface area contributed by atoms with E-state index in [2.05, 4.69) is 0 Å². The molecule has 0 heterocycles. The van der Waals surface area contributed by atoms with Crippen LogP contribution in [0.25, 0.3) is 0 Å². The third-order valence-electron chi connectivity index (χ3n) is 3.54. The lowest BCUT2D eigenvalue weighted by molar-refractivity contribution is -0.0115. The Balaban J connectivity index is 2.74. The summed E-state index contributed by atoms with van der Waals surface area (Å²) >= 11 is 0. The molecular formula is C15H25NO2. The maximum absolute atomic E-state index is 10.2. The first-order valence-corrected chi connectivity index (χ1v) is 6.63. The summed E-state index contributed by atoms with van der Waals surface area (Å²) in [7, 11) is 0. The van der Waals surface area contributed by atoms with E-state index >= 15 is 0 Å². The summed E-state index contributed by atoms with van der Waals surface area (Å²) in [6.07, 6.45) is 1.39. The molecule has 0 radical (unpaired) electrons. The number of nitrogens with two attached hydrogens (primary N) is 1. The Morgan fingerprint density at radius 3 is 2.39 bits per heavy atom. The van der Waals surface area contributed by atoms with Crippen molar-refractivity contribution in [3.8, 4) is 5.75 Å². The predicted molar refractivity (Wildman–Crippen MR) is 74.8 cm³/mol. The topological polar surface area (TPSA) is 55.5 Å². The Morgan fingerprint density at radius 2 is 1.94 bits per heavy atom. The maximum Gasteiger partial charge on any atom is 0.122 e. The Morgan fingerprint density at radius 1 is 1.33 bits per heavy atom. The van der Waals surface area contributed by atoms with Crippen molar-refractivity contribution in [1.82, 2.24) is 0 Å². The number of benzene rings is 1. The maximum atomic E-state index is 10.2. The third-order valence-corrected chi connectivity index (χ3v) is 3.54. The van der Waals surface area contributed by atoms with Crippen molar-refractivity contribution in [2.75, 3.05) is 6.61 Å². The fourth-order valence-electron chi connectivity index (χ4n) is 1.78. The molecule has 0 aliphatic heterocycles. The van der Waals surface area contributed by atoms with Crippen molar-refractivity contribution in [2.24, 2.45) is 5.73 Å². The summed E-state index contributed by atoms with van der Waals surface area (Å²) in [5, 5.41) is 10.2. The molecule has 1 aromatic rings. The number of hydrogen-bond donors (Lipinski definition) is 2. The van der Waals surface area contributed by atoms with Gasteiger partial charge in [0.1, 0.15) is 12.4 Å². The van der Waals surface area contributed by atoms with Gasteiger partial charge in [0.25, 0.3) is 0 Å². The smallest absolute Gasteiger partial charge is 0.122 e. The first-order valence-electron chi connectivity index (χ1n) is 6.63. The zero-order valence-corrected chi connectivity index (χ0v) is 11.9. The average molecular weight is 251 g/mol. The SMILES string of the molecule is CCC(O)(CC)COc1ccc(C(C)N)cc1C. The van der Waals surface area contributed by atoms with Gasteiger partial charge in [0.05, 0.1) is 5.60 Å². The van der Waals surface area contributed by atoms with Gasteiger partial charge in [-0.1, -0.05) is 26.0 Å². The van der Waals surface area contributed by atoms with Gasteiger partial charge in [-0.25, -0.2) is 0 Å². The summed E-state index contributed by atoms with van der Waals surface area (Å²) in [5.41, 5.74) is 7.26. The van der Waals surface area contributed by atoms with E-state index < -0.39 is 5.60 Å². The molecular weight excluding hydrogens is 226 g/mol. The molecule has 3 nitrogen and oxygen atoms in total. The number of aryl methyl sites for hydroxylation is 1. The van der Waals surface area contributed by atoms with E-state index in [1.807, 2.05) is 45.9 Å². The Labute approximate surface area is 110 Å². The van der Waals surface area contributed by atoms with E-state index in [0.29, 0.717) is 19.4 Å². The molecule has 1 rings (SSSR count). The van der Waals surface area contributed by atoms with Crippen LogP contribution in [0.15, 0.2) is 18.2 Å². The fourth-order valence-corrected chi connectivity index (χ4v) is 1.78. The first kappa shape index (κ1) is 15.0. The molecule has 1 atom stereocenters. The lowest BCUT2D eigenvalue weighted by Crippen LogP contribution is -2.34. The molecule has 0 aliphatic rings. The summed E-state index contributed by atoms with van der Waals surface area (Å²) in [6.45, 7) is 8.23. The summed E-state index contributed by atoms with van der Waals surface area (Å²) in [6, 6.07) is 5.97. The second kappa shape index (κ2) is 6.21. The molecule has 102 valence electrons. The molecule has 0 aromatic heterocycles. The molecule has 0 saturated carbocycles. The molecule has 0 spiro atoms. The van der Waals surface area contributed by atoms with Crippen molar-refractivity contribution in [3.05, 3.63) is 29.3 Å². The van der Waals surface area contributed by atoms with Crippen LogP contribution in [0.4, 0.5) is 0 Å². The molecule has 18 heavy (non-hydrogen) atoms. The summed E-state index contributed by atoms with van der Waals surface area (Å²) in [4.78, 5) is 0. The summed E-state index contributed by atoms with van der Waals surface area (Å²) < 4.78 is 5.73. The van der Waals surface area contributed by atoms with Crippen molar-refractivity contribution >= 4 is 0 Å². The highest BCUT2D eigenvalue weighted by molar-refractivity contribution is 5.37. The highest BCUT2D eigenvalue weighted by Gasteiger charge is 2.23. The molecule has 3 N–H and O–H groups in total.